The number of nitrogens with zero attached hydrogens (tertiary/aromatic N) is 5. The molecule has 0 bridgehead atoms. The number of morpholine rings is 1. The number of hydrogen-bond donors (Lipinski definition) is 1. The fourth-order valence-electron chi connectivity index (χ4n) is 4.49. The van der Waals surface area contributed by atoms with Crippen molar-refractivity contribution in [3.05, 3.63) is 72.2 Å². The monoisotopic (exact) mass is 438 g/mol. The predicted molar refractivity (Wildman–Crippen MR) is 131 cm³/mol. The fraction of sp³-hybridized carbons (Fsp3) is 0.269. The van der Waals surface area contributed by atoms with Crippen LogP contribution in [0.15, 0.2) is 61.1 Å². The molecule has 0 unspecified atom stereocenters. The van der Waals surface area contributed by atoms with Crippen LogP contribution in [0.5, 0.6) is 0 Å². The Balaban J connectivity index is 1.49. The Morgan fingerprint density at radius 2 is 1.88 bits per heavy atom. The van der Waals surface area contributed by atoms with Crippen molar-refractivity contribution < 1.29 is 4.74 Å². The number of anilines is 1. The van der Waals surface area contributed by atoms with Crippen molar-refractivity contribution in [3.63, 3.8) is 0 Å². The largest absolute Gasteiger partial charge is 0.378 e. The number of aromatic nitrogens is 5. The second-order valence-electron chi connectivity index (χ2n) is 8.47. The van der Waals surface area contributed by atoms with Crippen LogP contribution in [0.2, 0.25) is 0 Å². The van der Waals surface area contributed by atoms with Crippen LogP contribution >= 0.6 is 0 Å². The van der Waals surface area contributed by atoms with E-state index in [9.17, 15) is 0 Å². The number of nitrogens with one attached hydrogen (secondary N) is 1. The van der Waals surface area contributed by atoms with E-state index in [1.165, 1.54) is 16.5 Å². The molecule has 6 rings (SSSR count). The van der Waals surface area contributed by atoms with Gasteiger partial charge in [-0.05, 0) is 35.1 Å². The lowest BCUT2D eigenvalue weighted by Crippen LogP contribution is -2.37. The highest BCUT2D eigenvalue weighted by molar-refractivity contribution is 5.92. The lowest BCUT2D eigenvalue weighted by Gasteiger charge is -2.27. The first-order chi connectivity index (χ1) is 16.3. The Bertz CT molecular complexity index is 1430. The summed E-state index contributed by atoms with van der Waals surface area (Å²) in [4.78, 5) is 20.3. The summed E-state index contributed by atoms with van der Waals surface area (Å²) in [6, 6.07) is 17.2. The van der Waals surface area contributed by atoms with Crippen molar-refractivity contribution >= 4 is 28.0 Å². The zero-order valence-corrected chi connectivity index (χ0v) is 18.7. The third-order valence-corrected chi connectivity index (χ3v) is 6.33. The van der Waals surface area contributed by atoms with E-state index in [0.717, 1.165) is 59.9 Å². The van der Waals surface area contributed by atoms with Crippen LogP contribution in [0.4, 0.5) is 5.95 Å². The number of aryl methyl sites for hydroxylation is 1. The van der Waals surface area contributed by atoms with Crippen molar-refractivity contribution in [3.8, 4) is 11.3 Å². The summed E-state index contributed by atoms with van der Waals surface area (Å²) in [7, 11) is 0. The minimum absolute atomic E-state index is 0.689. The molecule has 0 radical (unpaired) electrons. The first-order valence-electron chi connectivity index (χ1n) is 11.5. The number of fused-ring (bicyclic) bond motifs is 2. The average molecular weight is 439 g/mol. The molecule has 1 fully saturated rings. The minimum atomic E-state index is 0.689. The van der Waals surface area contributed by atoms with Gasteiger partial charge in [-0.25, -0.2) is 9.97 Å². The Morgan fingerprint density at radius 1 is 1.00 bits per heavy atom. The van der Waals surface area contributed by atoms with E-state index in [1.54, 1.807) is 0 Å². The van der Waals surface area contributed by atoms with Crippen molar-refractivity contribution in [2.75, 3.05) is 31.2 Å². The van der Waals surface area contributed by atoms with Gasteiger partial charge in [0, 0.05) is 30.4 Å². The van der Waals surface area contributed by atoms with Gasteiger partial charge in [-0.3, -0.25) is 0 Å². The number of imidazole rings is 1. The molecule has 7 heteroatoms. The molecule has 0 aliphatic carbocycles. The Morgan fingerprint density at radius 3 is 2.76 bits per heavy atom. The van der Waals surface area contributed by atoms with Gasteiger partial charge < -0.3 is 19.2 Å². The third kappa shape index (κ3) is 3.74. The minimum Gasteiger partial charge on any atom is -0.378 e. The summed E-state index contributed by atoms with van der Waals surface area (Å²) < 4.78 is 7.68. The molecule has 1 aliphatic rings. The Kier molecular flexibility index (Phi) is 5.03. The quantitative estimate of drug-likeness (QED) is 0.440. The van der Waals surface area contributed by atoms with E-state index in [4.69, 9.17) is 19.7 Å². The summed E-state index contributed by atoms with van der Waals surface area (Å²) in [6.45, 7) is 5.85. The first-order valence-corrected chi connectivity index (χ1v) is 11.5. The molecule has 0 spiro atoms. The Labute approximate surface area is 192 Å². The molecule has 4 heterocycles. The maximum atomic E-state index is 5.55. The molecule has 0 atom stereocenters. The van der Waals surface area contributed by atoms with E-state index in [1.807, 2.05) is 12.5 Å². The molecule has 166 valence electrons. The summed E-state index contributed by atoms with van der Waals surface area (Å²) in [6.07, 6.45) is 4.87. The molecule has 0 saturated carbocycles. The van der Waals surface area contributed by atoms with Crippen LogP contribution in [-0.4, -0.2) is 50.8 Å². The third-order valence-electron chi connectivity index (χ3n) is 6.33. The number of ether oxygens (including phenoxy) is 1. The van der Waals surface area contributed by atoms with Gasteiger partial charge in [0.05, 0.1) is 26.1 Å². The number of hydrogen-bond acceptors (Lipinski definition) is 5. The molecule has 0 amide bonds. The number of rotatable bonds is 5. The van der Waals surface area contributed by atoms with E-state index >= 15 is 0 Å². The molecular formula is C26H26N6O. The number of H-pyrrole nitrogens is 1. The summed E-state index contributed by atoms with van der Waals surface area (Å²) in [5, 5.41) is 1.18. The number of aromatic amines is 1. The van der Waals surface area contributed by atoms with Crippen LogP contribution in [0.1, 0.15) is 18.1 Å². The molecule has 5 aromatic rings. The zero-order valence-electron chi connectivity index (χ0n) is 18.7. The van der Waals surface area contributed by atoms with Gasteiger partial charge in [0.1, 0.15) is 11.2 Å². The maximum absolute atomic E-state index is 5.55. The predicted octanol–water partition coefficient (Wildman–Crippen LogP) is 4.42. The molecule has 3 aromatic heterocycles. The topological polar surface area (TPSA) is 71.9 Å². The molecule has 33 heavy (non-hydrogen) atoms. The molecular weight excluding hydrogens is 412 g/mol. The summed E-state index contributed by atoms with van der Waals surface area (Å²) in [5.74, 6) is 0.733. The highest BCUT2D eigenvalue weighted by Gasteiger charge is 2.20. The van der Waals surface area contributed by atoms with Crippen molar-refractivity contribution in [1.29, 1.82) is 0 Å². The van der Waals surface area contributed by atoms with Gasteiger partial charge in [0.25, 0.3) is 0 Å². The van der Waals surface area contributed by atoms with Gasteiger partial charge in [0.2, 0.25) is 5.95 Å². The molecule has 1 N–H and O–H groups in total. The first kappa shape index (κ1) is 19.9. The normalized spacial score (nSPS) is 14.4. The highest BCUT2D eigenvalue weighted by atomic mass is 16.5. The van der Waals surface area contributed by atoms with E-state index in [2.05, 4.69) is 69.9 Å². The SMILES string of the molecule is CCc1cccc(Cn2cnc3c(-c4ccc5cc[nH]c5c4)nc(N4CCOCC4)nc32)c1. The van der Waals surface area contributed by atoms with Crippen LogP contribution in [0, 0.1) is 0 Å². The van der Waals surface area contributed by atoms with Crippen molar-refractivity contribution in [1.82, 2.24) is 24.5 Å². The van der Waals surface area contributed by atoms with Gasteiger partial charge in [0.15, 0.2) is 5.65 Å². The van der Waals surface area contributed by atoms with E-state index in [0.29, 0.717) is 13.2 Å². The fourth-order valence-corrected chi connectivity index (χ4v) is 4.49. The molecule has 7 nitrogen and oxygen atoms in total. The molecule has 1 aliphatic heterocycles. The average Bonchev–Trinajstić information content (AvgIpc) is 3.51. The standard InChI is InChI=1S/C26H26N6O/c1-2-18-4-3-5-19(14-18)16-32-17-28-24-23(21-7-6-20-8-9-27-22(20)15-21)29-26(30-25(24)32)31-10-12-33-13-11-31/h3-9,14-15,17,27H,2,10-13,16H2,1H3. The summed E-state index contributed by atoms with van der Waals surface area (Å²) >= 11 is 0. The van der Waals surface area contributed by atoms with Crippen LogP contribution in [0.25, 0.3) is 33.3 Å². The van der Waals surface area contributed by atoms with E-state index in [-0.39, 0.29) is 0 Å². The van der Waals surface area contributed by atoms with E-state index < -0.39 is 0 Å². The molecule has 1 saturated heterocycles. The van der Waals surface area contributed by atoms with Crippen molar-refractivity contribution in [2.45, 2.75) is 19.9 Å². The second-order valence-corrected chi connectivity index (χ2v) is 8.47. The summed E-state index contributed by atoms with van der Waals surface area (Å²) in [5.41, 5.74) is 7.24. The molecule has 2 aromatic carbocycles. The van der Waals surface area contributed by atoms with Crippen molar-refractivity contribution in [2.24, 2.45) is 0 Å². The van der Waals surface area contributed by atoms with Crippen LogP contribution < -0.4 is 4.90 Å². The lowest BCUT2D eigenvalue weighted by molar-refractivity contribution is 0.122. The van der Waals surface area contributed by atoms with Gasteiger partial charge in [-0.2, -0.15) is 4.98 Å². The highest BCUT2D eigenvalue weighted by Crippen LogP contribution is 2.30. The Hall–Kier alpha value is -3.71. The smallest absolute Gasteiger partial charge is 0.228 e. The van der Waals surface area contributed by atoms with Crippen LogP contribution in [0.3, 0.4) is 0 Å². The van der Waals surface area contributed by atoms with Gasteiger partial charge >= 0.3 is 0 Å². The van der Waals surface area contributed by atoms with Crippen LogP contribution in [-0.2, 0) is 17.7 Å². The van der Waals surface area contributed by atoms with Gasteiger partial charge in [-0.1, -0.05) is 43.3 Å². The zero-order chi connectivity index (χ0) is 22.2. The maximum Gasteiger partial charge on any atom is 0.228 e. The second kappa shape index (κ2) is 8.33. The van der Waals surface area contributed by atoms with Gasteiger partial charge in [-0.15, -0.1) is 0 Å². The lowest BCUT2D eigenvalue weighted by atomic mass is 10.1. The number of benzene rings is 2.